The summed E-state index contributed by atoms with van der Waals surface area (Å²) in [5, 5.41) is 3.35. The molecule has 0 aromatic rings. The van der Waals surface area contributed by atoms with Crippen molar-refractivity contribution in [1.82, 2.24) is 5.32 Å². The minimum absolute atomic E-state index is 0.142. The Hall–Kier alpha value is -1.43. The molecule has 0 aromatic heterocycles. The number of nitrogens with zero attached hydrogens (tertiary/aromatic N) is 1. The number of allylic oxidation sites excluding steroid dienone is 1. The van der Waals surface area contributed by atoms with E-state index in [0.717, 1.165) is 13.0 Å². The van der Waals surface area contributed by atoms with Crippen molar-refractivity contribution >= 4 is 22.8 Å². The lowest BCUT2D eigenvalue weighted by Gasteiger charge is -1.93. The summed E-state index contributed by atoms with van der Waals surface area (Å²) in [5.74, 6) is 0.422. The van der Waals surface area contributed by atoms with Gasteiger partial charge in [-0.25, -0.2) is 0 Å². The van der Waals surface area contributed by atoms with Gasteiger partial charge in [-0.05, 0) is 18.2 Å². The molecule has 6 heteroatoms. The maximum atomic E-state index is 11.5. The molecule has 0 unspecified atom stereocenters. The molecule has 2 heterocycles. The molecule has 1 amide bonds. The van der Waals surface area contributed by atoms with E-state index >= 15 is 0 Å². The van der Waals surface area contributed by atoms with Gasteiger partial charge in [-0.2, -0.15) is 0 Å². The topological polar surface area (TPSA) is 59.9 Å². The van der Waals surface area contributed by atoms with E-state index in [9.17, 15) is 4.79 Å². The first-order chi connectivity index (χ1) is 7.79. The average molecular weight is 240 g/mol. The zero-order chi connectivity index (χ0) is 11.4. The molecule has 0 bridgehead atoms. The lowest BCUT2D eigenvalue weighted by atomic mass is 10.4. The van der Waals surface area contributed by atoms with Gasteiger partial charge in [0, 0.05) is 12.6 Å². The van der Waals surface area contributed by atoms with E-state index in [-0.39, 0.29) is 12.7 Å². The second-order valence-corrected chi connectivity index (χ2v) is 4.23. The van der Waals surface area contributed by atoms with E-state index in [2.05, 4.69) is 10.3 Å². The largest absolute Gasteiger partial charge is 0.461 e. The zero-order valence-corrected chi connectivity index (χ0v) is 9.67. The van der Waals surface area contributed by atoms with Gasteiger partial charge in [-0.15, -0.1) is 0 Å². The van der Waals surface area contributed by atoms with Crippen molar-refractivity contribution in [3.63, 3.8) is 0 Å². The number of thioether (sulfide) groups is 1. The fraction of sp³-hybridized carbons (Fsp3) is 0.400. The van der Waals surface area contributed by atoms with Gasteiger partial charge in [0.1, 0.15) is 6.26 Å². The van der Waals surface area contributed by atoms with Crippen LogP contribution in [-0.2, 0) is 14.3 Å². The van der Waals surface area contributed by atoms with Gasteiger partial charge in [0.05, 0.1) is 4.91 Å². The lowest BCUT2D eigenvalue weighted by molar-refractivity contribution is -0.115. The fourth-order valence-corrected chi connectivity index (χ4v) is 2.00. The minimum Gasteiger partial charge on any atom is -0.461 e. The Bertz CT molecular complexity index is 388. The average Bonchev–Trinajstić information content (AvgIpc) is 2.87. The van der Waals surface area contributed by atoms with Crippen molar-refractivity contribution in [1.29, 1.82) is 0 Å². The van der Waals surface area contributed by atoms with Gasteiger partial charge in [0.15, 0.2) is 10.9 Å². The molecule has 1 N–H and O–H groups in total. The first-order valence-electron chi connectivity index (χ1n) is 4.99. The Morgan fingerprint density at radius 2 is 2.56 bits per heavy atom. The Kier molecular flexibility index (Phi) is 3.51. The van der Waals surface area contributed by atoms with Crippen LogP contribution in [-0.4, -0.2) is 24.4 Å². The van der Waals surface area contributed by atoms with E-state index in [1.54, 1.807) is 6.08 Å². The third kappa shape index (κ3) is 2.57. The zero-order valence-electron chi connectivity index (χ0n) is 8.86. The molecule has 5 nitrogen and oxygen atoms in total. The molecule has 16 heavy (non-hydrogen) atoms. The van der Waals surface area contributed by atoms with Gasteiger partial charge < -0.3 is 14.8 Å². The van der Waals surface area contributed by atoms with E-state index < -0.39 is 0 Å². The van der Waals surface area contributed by atoms with Crippen LogP contribution in [0.4, 0.5) is 0 Å². The molecule has 2 aliphatic rings. The first-order valence-corrected chi connectivity index (χ1v) is 5.81. The number of carbonyl (C=O) groups is 1. The number of hydrogen-bond acceptors (Lipinski definition) is 5. The van der Waals surface area contributed by atoms with Crippen molar-refractivity contribution < 1.29 is 14.3 Å². The number of amides is 1. The number of amidine groups is 1. The lowest BCUT2D eigenvalue weighted by Crippen LogP contribution is -2.19. The third-order valence-electron chi connectivity index (χ3n) is 1.90. The predicted molar refractivity (Wildman–Crippen MR) is 61.5 cm³/mol. The quantitative estimate of drug-likeness (QED) is 0.756. The standard InChI is InChI=1S/C10H12N2O3S/c1-2-3-11-10-12-9(13)8(16-10)4-7-5-14-6-15-7/h4-5H,2-3,6H2,1H3,(H,11,12,13). The summed E-state index contributed by atoms with van der Waals surface area (Å²) in [6.45, 7) is 2.97. The van der Waals surface area contributed by atoms with Crippen LogP contribution in [0, 0.1) is 0 Å². The van der Waals surface area contributed by atoms with Crippen molar-refractivity contribution in [3.8, 4) is 0 Å². The highest BCUT2D eigenvalue weighted by molar-refractivity contribution is 8.18. The predicted octanol–water partition coefficient (Wildman–Crippen LogP) is 1.34. The van der Waals surface area contributed by atoms with Crippen LogP contribution in [0.2, 0.25) is 0 Å². The van der Waals surface area contributed by atoms with Gasteiger partial charge in [-0.1, -0.05) is 6.92 Å². The van der Waals surface area contributed by atoms with Crippen LogP contribution in [0.3, 0.4) is 0 Å². The molecule has 1 fully saturated rings. The van der Waals surface area contributed by atoms with Crippen molar-refractivity contribution in [2.75, 3.05) is 13.3 Å². The maximum absolute atomic E-state index is 11.5. The number of ether oxygens (including phenoxy) is 2. The van der Waals surface area contributed by atoms with Gasteiger partial charge in [-0.3, -0.25) is 9.79 Å². The van der Waals surface area contributed by atoms with Crippen LogP contribution in [0.1, 0.15) is 13.3 Å². The van der Waals surface area contributed by atoms with E-state index in [0.29, 0.717) is 15.8 Å². The molecular formula is C10H12N2O3S. The summed E-state index contributed by atoms with van der Waals surface area (Å²) in [6.07, 6.45) is 4.10. The fourth-order valence-electron chi connectivity index (χ4n) is 1.17. The molecule has 86 valence electrons. The molecule has 0 aliphatic carbocycles. The maximum Gasteiger partial charge on any atom is 0.264 e. The molecule has 1 saturated heterocycles. The summed E-state index contributed by atoms with van der Waals surface area (Å²) in [4.78, 5) is 16.3. The number of carbonyl (C=O) groups excluding carboxylic acids is 1. The van der Waals surface area contributed by atoms with Crippen molar-refractivity contribution in [3.05, 3.63) is 23.0 Å². The minimum atomic E-state index is -0.142. The monoisotopic (exact) mass is 240 g/mol. The van der Waals surface area contributed by atoms with Gasteiger partial charge >= 0.3 is 0 Å². The second-order valence-electron chi connectivity index (χ2n) is 3.20. The molecule has 2 aliphatic heterocycles. The smallest absolute Gasteiger partial charge is 0.264 e. The summed E-state index contributed by atoms with van der Waals surface area (Å²) in [7, 11) is 0. The van der Waals surface area contributed by atoms with Crippen molar-refractivity contribution in [2.24, 2.45) is 4.99 Å². The Labute approximate surface area is 97.6 Å². The van der Waals surface area contributed by atoms with Gasteiger partial charge in [0.2, 0.25) is 6.79 Å². The highest BCUT2D eigenvalue weighted by atomic mass is 32.2. The molecule has 0 aromatic carbocycles. The molecule has 0 radical (unpaired) electrons. The Morgan fingerprint density at radius 1 is 1.69 bits per heavy atom. The number of rotatable bonds is 3. The van der Waals surface area contributed by atoms with Crippen LogP contribution < -0.4 is 5.32 Å². The Balaban J connectivity index is 2.04. The third-order valence-corrected chi connectivity index (χ3v) is 2.84. The second kappa shape index (κ2) is 5.07. The van der Waals surface area contributed by atoms with Crippen LogP contribution in [0.15, 0.2) is 28.0 Å². The Morgan fingerprint density at radius 3 is 3.25 bits per heavy atom. The van der Waals surface area contributed by atoms with Crippen LogP contribution >= 0.6 is 11.8 Å². The summed E-state index contributed by atoms with van der Waals surface area (Å²) in [5.41, 5.74) is 0. The van der Waals surface area contributed by atoms with Crippen LogP contribution in [0.25, 0.3) is 0 Å². The number of aliphatic imine (C=N–C) groups is 1. The van der Waals surface area contributed by atoms with Crippen molar-refractivity contribution in [2.45, 2.75) is 13.3 Å². The normalized spacial score (nSPS) is 24.3. The highest BCUT2D eigenvalue weighted by Crippen LogP contribution is 2.26. The molecule has 0 spiro atoms. The molecule has 2 rings (SSSR count). The van der Waals surface area contributed by atoms with Crippen LogP contribution in [0.5, 0.6) is 0 Å². The molecule has 0 saturated carbocycles. The summed E-state index contributed by atoms with van der Waals surface area (Å²) < 4.78 is 10.0. The number of nitrogens with one attached hydrogen (secondary N) is 1. The molecule has 0 atom stereocenters. The SMILES string of the molecule is CCCN=C1NC(=O)C(=CC2=COCO2)S1. The van der Waals surface area contributed by atoms with E-state index in [1.165, 1.54) is 18.0 Å². The van der Waals surface area contributed by atoms with E-state index in [4.69, 9.17) is 9.47 Å². The summed E-state index contributed by atoms with van der Waals surface area (Å²) in [6, 6.07) is 0. The first kappa shape index (κ1) is 11.1. The van der Waals surface area contributed by atoms with Gasteiger partial charge in [0.25, 0.3) is 5.91 Å². The number of hydrogen-bond donors (Lipinski definition) is 1. The van der Waals surface area contributed by atoms with E-state index in [1.807, 2.05) is 6.92 Å². The summed E-state index contributed by atoms with van der Waals surface area (Å²) >= 11 is 1.32. The molecular weight excluding hydrogens is 228 g/mol. The highest BCUT2D eigenvalue weighted by Gasteiger charge is 2.24.